The number of alkyl halides is 3. The fourth-order valence-corrected chi connectivity index (χ4v) is 4.78. The van der Waals surface area contributed by atoms with Gasteiger partial charge in [0.1, 0.15) is 11.1 Å². The van der Waals surface area contributed by atoms with Crippen LogP contribution in [0.25, 0.3) is 0 Å². The molecule has 13 heteroatoms. The Bertz CT molecular complexity index is 1240. The number of ether oxygens (including phenoxy) is 2. The van der Waals surface area contributed by atoms with Gasteiger partial charge in [0.15, 0.2) is 17.2 Å². The molecule has 1 aromatic heterocycles. The molecule has 1 aliphatic rings. The van der Waals surface area contributed by atoms with Gasteiger partial charge < -0.3 is 14.8 Å². The third-order valence-electron chi connectivity index (χ3n) is 6.31. The fourth-order valence-electron chi connectivity index (χ4n) is 4.03. The number of rotatable bonds is 5. The third-order valence-corrected chi connectivity index (χ3v) is 8.03. The van der Waals surface area contributed by atoms with Gasteiger partial charge in [0, 0.05) is 30.7 Å². The summed E-state index contributed by atoms with van der Waals surface area (Å²) < 4.78 is 96.5. The summed E-state index contributed by atoms with van der Waals surface area (Å²) in [7, 11) is -0.330. The van der Waals surface area contributed by atoms with Crippen molar-refractivity contribution in [1.29, 1.82) is 0 Å². The first-order chi connectivity index (χ1) is 16.2. The van der Waals surface area contributed by atoms with Crippen molar-refractivity contribution in [3.8, 4) is 5.75 Å². The van der Waals surface area contributed by atoms with Gasteiger partial charge in [0.25, 0.3) is 5.91 Å². The average molecular weight is 522 g/mol. The molecule has 0 bridgehead atoms. The van der Waals surface area contributed by atoms with Crippen LogP contribution < -0.4 is 10.1 Å². The molecular formula is C22H24F5N3O4S. The van der Waals surface area contributed by atoms with E-state index in [1.54, 1.807) is 0 Å². The van der Waals surface area contributed by atoms with Crippen molar-refractivity contribution in [2.45, 2.75) is 42.7 Å². The maximum Gasteiger partial charge on any atom is 0.417 e. The Morgan fingerprint density at radius 1 is 1.26 bits per heavy atom. The number of halogens is 5. The van der Waals surface area contributed by atoms with Gasteiger partial charge in [0.05, 0.1) is 28.7 Å². The Balaban J connectivity index is 2.03. The zero-order valence-corrected chi connectivity index (χ0v) is 20.3. The lowest BCUT2D eigenvalue weighted by atomic mass is 9.77. The summed E-state index contributed by atoms with van der Waals surface area (Å²) in [6, 6.07) is 4.55. The van der Waals surface area contributed by atoms with Gasteiger partial charge in [-0.15, -0.1) is 0 Å². The number of pyridine rings is 1. The first-order valence-corrected chi connectivity index (χ1v) is 12.2. The molecule has 1 N–H and O–H groups in total. The number of carbonyl (C=O) groups excluding carboxylic acids is 1. The Kier molecular flexibility index (Phi) is 7.15. The first kappa shape index (κ1) is 26.8. The van der Waals surface area contributed by atoms with E-state index in [1.165, 1.54) is 38.6 Å². The number of hydrogen-bond acceptors (Lipinski definition) is 6. The Morgan fingerprint density at radius 3 is 2.43 bits per heavy atom. The Morgan fingerprint density at radius 2 is 1.91 bits per heavy atom. The zero-order chi connectivity index (χ0) is 26.3. The van der Waals surface area contributed by atoms with E-state index in [1.807, 2.05) is 0 Å². The molecular weight excluding hydrogens is 497 g/mol. The minimum absolute atomic E-state index is 0.0953. The first-order valence-electron chi connectivity index (χ1n) is 10.3. The van der Waals surface area contributed by atoms with Crippen molar-refractivity contribution >= 4 is 21.3 Å². The van der Waals surface area contributed by atoms with Gasteiger partial charge in [-0.05, 0) is 25.1 Å². The van der Waals surface area contributed by atoms with Gasteiger partial charge in [-0.2, -0.15) is 17.6 Å². The van der Waals surface area contributed by atoms with E-state index >= 15 is 0 Å². The smallest absolute Gasteiger partial charge is 0.417 e. The van der Waals surface area contributed by atoms with Gasteiger partial charge in [-0.3, -0.25) is 4.79 Å². The van der Waals surface area contributed by atoms with Crippen LogP contribution in [0.1, 0.15) is 25.3 Å². The fraction of sp³-hybridized carbons (Fsp3) is 0.455. The summed E-state index contributed by atoms with van der Waals surface area (Å²) in [5.41, 5.74) is -2.82. The maximum atomic E-state index is 14.4. The third kappa shape index (κ3) is 4.70. The minimum Gasteiger partial charge on any atom is -0.493 e. The lowest BCUT2D eigenvalue weighted by Gasteiger charge is -2.32. The molecule has 35 heavy (non-hydrogen) atoms. The van der Waals surface area contributed by atoms with E-state index in [9.17, 15) is 31.0 Å². The molecule has 5 atom stereocenters. The van der Waals surface area contributed by atoms with E-state index in [0.717, 1.165) is 26.2 Å². The highest BCUT2D eigenvalue weighted by molar-refractivity contribution is 7.92. The minimum atomic E-state index is -4.88. The van der Waals surface area contributed by atoms with Crippen LogP contribution in [0.2, 0.25) is 0 Å². The van der Waals surface area contributed by atoms with E-state index in [-0.39, 0.29) is 16.3 Å². The summed E-state index contributed by atoms with van der Waals surface area (Å²) >= 11 is 0. The van der Waals surface area contributed by atoms with Crippen LogP contribution in [-0.2, 0) is 19.3 Å². The van der Waals surface area contributed by atoms with Gasteiger partial charge in [0.2, 0.25) is 5.82 Å². The summed E-state index contributed by atoms with van der Waals surface area (Å²) in [4.78, 5) is 17.1. The van der Waals surface area contributed by atoms with Crippen molar-refractivity contribution in [1.82, 2.24) is 4.98 Å². The molecule has 1 aliphatic heterocycles. The largest absolute Gasteiger partial charge is 0.493 e. The van der Waals surface area contributed by atoms with E-state index in [4.69, 9.17) is 9.47 Å². The van der Waals surface area contributed by atoms with Gasteiger partial charge in [-0.25, -0.2) is 17.9 Å². The molecule has 0 unspecified atom stereocenters. The van der Waals surface area contributed by atoms with Crippen molar-refractivity contribution in [2.75, 3.05) is 25.7 Å². The molecule has 1 saturated heterocycles. The molecule has 2 aromatic rings. The molecule has 1 aromatic carbocycles. The standard InChI is InChI=1S/C22H24F5N3O4S/c1-11-16(13-7-8-14(23)17(24)18(13)33-4)19(34-21(11,2)22(25,26)27)20(31)30-12-6-9-15(29-10-12)35(5,32)28-3/h6-11,16,19H,1-5H3,(H,30,31)/t11-,16-,19+,21+,35-/m0/s1. The number of amides is 1. The van der Waals surface area contributed by atoms with E-state index < -0.39 is 62.7 Å². The molecule has 1 fully saturated rings. The van der Waals surface area contributed by atoms with Gasteiger partial charge >= 0.3 is 6.18 Å². The van der Waals surface area contributed by atoms with Crippen molar-refractivity contribution in [3.05, 3.63) is 47.7 Å². The van der Waals surface area contributed by atoms with E-state index in [0.29, 0.717) is 0 Å². The summed E-state index contributed by atoms with van der Waals surface area (Å²) in [6.07, 6.45) is -4.06. The molecule has 1 amide bonds. The predicted molar refractivity (Wildman–Crippen MR) is 118 cm³/mol. The lowest BCUT2D eigenvalue weighted by molar-refractivity contribution is -0.272. The molecule has 0 radical (unpaired) electrons. The number of methoxy groups -OCH3 is 1. The van der Waals surface area contributed by atoms with Crippen LogP contribution >= 0.6 is 0 Å². The number of aromatic nitrogens is 1. The number of nitrogens with one attached hydrogen (secondary N) is 1. The van der Waals surface area contributed by atoms with Crippen molar-refractivity contribution < 1.29 is 40.4 Å². The van der Waals surface area contributed by atoms with E-state index in [2.05, 4.69) is 14.7 Å². The average Bonchev–Trinajstić information content (AvgIpc) is 3.08. The number of benzene rings is 1. The number of hydrogen-bond donors (Lipinski definition) is 1. The number of carbonyl (C=O) groups is 1. The summed E-state index contributed by atoms with van der Waals surface area (Å²) in [5.74, 6) is -6.94. The van der Waals surface area contributed by atoms with Crippen LogP contribution in [0.5, 0.6) is 5.75 Å². The molecule has 192 valence electrons. The van der Waals surface area contributed by atoms with Crippen LogP contribution in [0.15, 0.2) is 39.9 Å². The maximum absolute atomic E-state index is 14.4. The zero-order valence-electron chi connectivity index (χ0n) is 19.4. The SMILES string of the molecule is CN=[S@@](C)(=O)c1ccc(NC(=O)[C@@H]2O[C@@](C)(C(F)(F)F)[C@@H](C)[C@H]2c2ccc(F)c(F)c2OC)cn1. The Labute approximate surface area is 199 Å². The number of anilines is 1. The molecule has 7 nitrogen and oxygen atoms in total. The highest BCUT2D eigenvalue weighted by Gasteiger charge is 2.65. The van der Waals surface area contributed by atoms with Crippen LogP contribution in [0.4, 0.5) is 27.6 Å². The molecule has 0 aliphatic carbocycles. The van der Waals surface area contributed by atoms with Crippen molar-refractivity contribution in [3.63, 3.8) is 0 Å². The lowest BCUT2D eigenvalue weighted by Crippen LogP contribution is -2.47. The molecule has 0 spiro atoms. The Hall–Kier alpha value is -2.80. The summed E-state index contributed by atoms with van der Waals surface area (Å²) in [6.45, 7) is 2.02. The highest BCUT2D eigenvalue weighted by Crippen LogP contribution is 2.55. The van der Waals surface area contributed by atoms with Gasteiger partial charge in [-0.1, -0.05) is 13.0 Å². The van der Waals surface area contributed by atoms with Crippen LogP contribution in [-0.4, -0.2) is 53.4 Å². The quantitative estimate of drug-likeness (QED) is 0.584. The molecule has 2 heterocycles. The predicted octanol–water partition coefficient (Wildman–Crippen LogP) is 4.53. The summed E-state index contributed by atoms with van der Waals surface area (Å²) in [5, 5.41) is 2.58. The van der Waals surface area contributed by atoms with Crippen molar-refractivity contribution in [2.24, 2.45) is 10.3 Å². The van der Waals surface area contributed by atoms with Crippen LogP contribution in [0, 0.1) is 17.6 Å². The topological polar surface area (TPSA) is 89.9 Å². The normalized spacial score (nSPS) is 26.2. The second-order valence-corrected chi connectivity index (χ2v) is 10.7. The number of nitrogens with zero attached hydrogens (tertiary/aromatic N) is 2. The second-order valence-electron chi connectivity index (χ2n) is 8.30. The van der Waals surface area contributed by atoms with Crippen LogP contribution in [0.3, 0.4) is 0 Å². The molecule has 3 rings (SSSR count). The monoisotopic (exact) mass is 521 g/mol. The second kappa shape index (κ2) is 9.34. The molecule has 0 saturated carbocycles. The highest BCUT2D eigenvalue weighted by atomic mass is 32.2.